The molecule has 0 unspecified atom stereocenters. The largest absolute Gasteiger partial charge is 0.444 e. The number of benzene rings is 2. The molecule has 8 nitrogen and oxygen atoms in total. The molecule has 8 heteroatoms. The molecule has 1 aliphatic carbocycles. The van der Waals surface area contributed by atoms with Crippen LogP contribution >= 0.6 is 0 Å². The SMILES string of the molecule is O=C(c1ccc(-c2cnco2)cc1)N(C1CC1)C1CCN(c2nc(-c3ccccc3)no2)CC1. The summed E-state index contributed by atoms with van der Waals surface area (Å²) in [5.41, 5.74) is 2.56. The number of hydrogen-bond acceptors (Lipinski definition) is 7. The zero-order valence-electron chi connectivity index (χ0n) is 18.7. The molecule has 2 aromatic heterocycles. The van der Waals surface area contributed by atoms with Gasteiger partial charge in [-0.05, 0) is 37.8 Å². The number of nitrogens with zero attached hydrogens (tertiary/aromatic N) is 5. The molecule has 1 aliphatic heterocycles. The smallest absolute Gasteiger partial charge is 0.324 e. The minimum absolute atomic E-state index is 0.106. The van der Waals surface area contributed by atoms with Gasteiger partial charge in [-0.15, -0.1) is 0 Å². The monoisotopic (exact) mass is 455 g/mol. The van der Waals surface area contributed by atoms with Crippen LogP contribution in [-0.2, 0) is 0 Å². The molecular weight excluding hydrogens is 430 g/mol. The van der Waals surface area contributed by atoms with Gasteiger partial charge in [-0.1, -0.05) is 47.6 Å². The molecule has 6 rings (SSSR count). The minimum Gasteiger partial charge on any atom is -0.444 e. The Morgan fingerprint density at radius 2 is 1.65 bits per heavy atom. The van der Waals surface area contributed by atoms with Crippen molar-refractivity contribution >= 4 is 11.9 Å². The second-order valence-electron chi connectivity index (χ2n) is 8.87. The molecule has 34 heavy (non-hydrogen) atoms. The van der Waals surface area contributed by atoms with E-state index in [9.17, 15) is 4.79 Å². The Kier molecular flexibility index (Phi) is 5.33. The first-order chi connectivity index (χ1) is 16.8. The van der Waals surface area contributed by atoms with E-state index in [4.69, 9.17) is 8.94 Å². The average Bonchev–Trinajstić information content (AvgIpc) is 3.35. The summed E-state index contributed by atoms with van der Waals surface area (Å²) < 4.78 is 10.9. The summed E-state index contributed by atoms with van der Waals surface area (Å²) in [6.45, 7) is 1.56. The fourth-order valence-corrected chi connectivity index (χ4v) is 4.65. The highest BCUT2D eigenvalue weighted by Crippen LogP contribution is 2.34. The fraction of sp³-hybridized carbons (Fsp3) is 0.308. The Bertz CT molecular complexity index is 1240. The van der Waals surface area contributed by atoms with E-state index in [1.165, 1.54) is 6.39 Å². The second kappa shape index (κ2) is 8.78. The van der Waals surface area contributed by atoms with Gasteiger partial charge in [-0.2, -0.15) is 4.98 Å². The first kappa shape index (κ1) is 20.7. The van der Waals surface area contributed by atoms with Gasteiger partial charge in [0.15, 0.2) is 12.2 Å². The van der Waals surface area contributed by atoms with Crippen molar-refractivity contribution in [2.45, 2.75) is 37.8 Å². The third kappa shape index (κ3) is 4.07. The summed E-state index contributed by atoms with van der Waals surface area (Å²) in [5, 5.41) is 4.14. The van der Waals surface area contributed by atoms with Gasteiger partial charge < -0.3 is 18.7 Å². The van der Waals surface area contributed by atoms with Crippen LogP contribution < -0.4 is 4.90 Å². The quantitative estimate of drug-likeness (QED) is 0.418. The summed E-state index contributed by atoms with van der Waals surface area (Å²) in [4.78, 5) is 26.3. The van der Waals surface area contributed by atoms with Crippen LogP contribution in [0.3, 0.4) is 0 Å². The number of carbonyl (C=O) groups excluding carboxylic acids is 1. The Labute approximate surface area is 197 Å². The molecule has 3 heterocycles. The van der Waals surface area contributed by atoms with Crippen molar-refractivity contribution in [1.82, 2.24) is 20.0 Å². The van der Waals surface area contributed by atoms with Crippen LogP contribution in [0.4, 0.5) is 6.01 Å². The van der Waals surface area contributed by atoms with Crippen molar-refractivity contribution in [3.63, 3.8) is 0 Å². The van der Waals surface area contributed by atoms with Gasteiger partial charge in [0, 0.05) is 41.9 Å². The Balaban J connectivity index is 1.13. The van der Waals surface area contributed by atoms with E-state index in [-0.39, 0.29) is 11.9 Å². The molecule has 1 saturated heterocycles. The lowest BCUT2D eigenvalue weighted by Crippen LogP contribution is -2.48. The lowest BCUT2D eigenvalue weighted by Gasteiger charge is -2.38. The van der Waals surface area contributed by atoms with Crippen LogP contribution in [0.25, 0.3) is 22.7 Å². The summed E-state index contributed by atoms with van der Waals surface area (Å²) in [5.74, 6) is 1.40. The van der Waals surface area contributed by atoms with Gasteiger partial charge in [0.05, 0.1) is 6.20 Å². The molecule has 1 amide bonds. The summed E-state index contributed by atoms with van der Waals surface area (Å²) in [6, 6.07) is 18.5. The van der Waals surface area contributed by atoms with Gasteiger partial charge in [-0.3, -0.25) is 4.79 Å². The van der Waals surface area contributed by atoms with Crippen molar-refractivity contribution < 1.29 is 13.7 Å². The van der Waals surface area contributed by atoms with Gasteiger partial charge >= 0.3 is 6.01 Å². The van der Waals surface area contributed by atoms with Crippen LogP contribution in [0.1, 0.15) is 36.0 Å². The minimum atomic E-state index is 0.106. The Morgan fingerprint density at radius 1 is 0.912 bits per heavy atom. The zero-order valence-corrected chi connectivity index (χ0v) is 18.7. The maximum Gasteiger partial charge on any atom is 0.324 e. The van der Waals surface area contributed by atoms with E-state index in [0.717, 1.165) is 49.9 Å². The Morgan fingerprint density at radius 3 is 2.32 bits per heavy atom. The third-order valence-corrected chi connectivity index (χ3v) is 6.60. The number of rotatable bonds is 6. The maximum absolute atomic E-state index is 13.5. The molecule has 1 saturated carbocycles. The molecule has 0 bridgehead atoms. The molecule has 0 spiro atoms. The van der Waals surface area contributed by atoms with E-state index in [0.29, 0.717) is 29.2 Å². The molecule has 172 valence electrons. The summed E-state index contributed by atoms with van der Waals surface area (Å²) in [7, 11) is 0. The number of piperidine rings is 1. The molecule has 2 aromatic carbocycles. The number of carbonyl (C=O) groups is 1. The molecule has 0 atom stereocenters. The maximum atomic E-state index is 13.5. The number of anilines is 1. The molecule has 2 aliphatic rings. The normalized spacial score (nSPS) is 16.5. The molecule has 4 aromatic rings. The first-order valence-corrected chi connectivity index (χ1v) is 11.7. The van der Waals surface area contributed by atoms with E-state index >= 15 is 0 Å². The predicted octanol–water partition coefficient (Wildman–Crippen LogP) is 4.67. The standard InChI is InChI=1S/C26H25N5O3/c32-25(20-8-6-18(7-9-20)23-16-27-17-33-23)31(21-10-11-21)22-12-14-30(15-13-22)26-28-24(29-34-26)19-4-2-1-3-5-19/h1-9,16-17,21-22H,10-15H2. The van der Waals surface area contributed by atoms with Crippen LogP contribution in [0.15, 0.2) is 76.1 Å². The number of oxazole rings is 1. The number of hydrogen-bond donors (Lipinski definition) is 0. The summed E-state index contributed by atoms with van der Waals surface area (Å²) in [6.07, 6.45) is 6.99. The van der Waals surface area contributed by atoms with Crippen LogP contribution in [0.5, 0.6) is 0 Å². The van der Waals surface area contributed by atoms with Crippen molar-refractivity contribution in [2.75, 3.05) is 18.0 Å². The van der Waals surface area contributed by atoms with Gasteiger partial charge in [-0.25, -0.2) is 4.98 Å². The average molecular weight is 456 g/mol. The van der Waals surface area contributed by atoms with Gasteiger partial charge in [0.1, 0.15) is 0 Å². The highest BCUT2D eigenvalue weighted by Gasteiger charge is 2.39. The fourth-order valence-electron chi connectivity index (χ4n) is 4.65. The van der Waals surface area contributed by atoms with E-state index < -0.39 is 0 Å². The topological polar surface area (TPSA) is 88.5 Å². The lowest BCUT2D eigenvalue weighted by molar-refractivity contribution is 0.0629. The van der Waals surface area contributed by atoms with Crippen molar-refractivity contribution in [2.24, 2.45) is 0 Å². The lowest BCUT2D eigenvalue weighted by atomic mass is 10.0. The van der Waals surface area contributed by atoms with Crippen LogP contribution in [0.2, 0.25) is 0 Å². The van der Waals surface area contributed by atoms with Gasteiger partial charge in [0.2, 0.25) is 5.82 Å². The third-order valence-electron chi connectivity index (χ3n) is 6.60. The Hall–Kier alpha value is -3.94. The molecule has 0 N–H and O–H groups in total. The van der Waals surface area contributed by atoms with E-state index in [1.54, 1.807) is 6.20 Å². The van der Waals surface area contributed by atoms with Crippen molar-refractivity contribution in [1.29, 1.82) is 0 Å². The molecule has 0 radical (unpaired) electrons. The predicted molar refractivity (Wildman–Crippen MR) is 126 cm³/mol. The first-order valence-electron chi connectivity index (χ1n) is 11.7. The molecular formula is C26H25N5O3. The zero-order chi connectivity index (χ0) is 22.9. The number of amides is 1. The van der Waals surface area contributed by atoms with Gasteiger partial charge in [0.25, 0.3) is 5.91 Å². The highest BCUT2D eigenvalue weighted by atomic mass is 16.5. The highest BCUT2D eigenvalue weighted by molar-refractivity contribution is 5.95. The van der Waals surface area contributed by atoms with Crippen molar-refractivity contribution in [3.8, 4) is 22.7 Å². The van der Waals surface area contributed by atoms with Crippen LogP contribution in [-0.4, -0.2) is 51.1 Å². The van der Waals surface area contributed by atoms with E-state index in [2.05, 4.69) is 24.9 Å². The second-order valence-corrected chi connectivity index (χ2v) is 8.87. The summed E-state index contributed by atoms with van der Waals surface area (Å²) >= 11 is 0. The number of aromatic nitrogens is 3. The van der Waals surface area contributed by atoms with Crippen molar-refractivity contribution in [3.05, 3.63) is 72.8 Å². The van der Waals surface area contributed by atoms with E-state index in [1.807, 2.05) is 54.6 Å². The molecule has 2 fully saturated rings. The van der Waals surface area contributed by atoms with Crippen LogP contribution in [0, 0.1) is 0 Å².